The highest BCUT2D eigenvalue weighted by Crippen LogP contribution is 2.33. The summed E-state index contributed by atoms with van der Waals surface area (Å²) in [4.78, 5) is 25.1. The largest absolute Gasteiger partial charge is 0.289 e. The minimum Gasteiger partial charge on any atom is -0.267 e. The topological polar surface area (TPSA) is 107 Å². The predicted molar refractivity (Wildman–Crippen MR) is 93.1 cm³/mol. The Hall–Kier alpha value is -2.87. The van der Waals surface area contributed by atoms with Gasteiger partial charge in [0.2, 0.25) is 9.84 Å². The van der Waals surface area contributed by atoms with E-state index >= 15 is 0 Å². The molecule has 8 heteroatoms. The Balaban J connectivity index is 2.81. The first-order valence-electron chi connectivity index (χ1n) is 7.22. The summed E-state index contributed by atoms with van der Waals surface area (Å²) in [6, 6.07) is 6.79. The number of amides is 1. The zero-order valence-corrected chi connectivity index (χ0v) is 14.8. The van der Waals surface area contributed by atoms with Crippen LogP contribution < -0.4 is 0 Å². The van der Waals surface area contributed by atoms with Crippen LogP contribution in [0.2, 0.25) is 0 Å². The highest BCUT2D eigenvalue weighted by atomic mass is 32.2. The number of nitro groups is 1. The van der Waals surface area contributed by atoms with Crippen molar-refractivity contribution >= 4 is 28.1 Å². The van der Waals surface area contributed by atoms with Crippen LogP contribution in [0.4, 0.5) is 5.69 Å². The molecule has 0 aliphatic carbocycles. The third-order valence-electron chi connectivity index (χ3n) is 3.79. The molecule has 130 valence electrons. The summed E-state index contributed by atoms with van der Waals surface area (Å²) >= 11 is 0. The van der Waals surface area contributed by atoms with Gasteiger partial charge in [-0.25, -0.2) is 13.4 Å². The molecule has 0 aromatic heterocycles. The quantitative estimate of drug-likeness (QED) is 0.473. The number of aliphatic imine (C=N–C) groups is 1. The lowest BCUT2D eigenvalue weighted by Crippen LogP contribution is -2.10. The SMILES string of the molecule is C=NC(=O)c1cc([N+](=O)[O-])c(S(=O)(=O)c2ccc(C)cc2C)cc1C. The Morgan fingerprint density at radius 3 is 2.24 bits per heavy atom. The fraction of sp³-hybridized carbons (Fsp3) is 0.176. The lowest BCUT2D eigenvalue weighted by molar-refractivity contribution is -0.387. The predicted octanol–water partition coefficient (Wildman–Crippen LogP) is 3.19. The maximum atomic E-state index is 13.0. The van der Waals surface area contributed by atoms with Gasteiger partial charge >= 0.3 is 0 Å². The average molecular weight is 360 g/mol. The normalized spacial score (nSPS) is 11.2. The van der Waals surface area contributed by atoms with Crippen molar-refractivity contribution in [1.29, 1.82) is 0 Å². The number of carbonyl (C=O) groups is 1. The van der Waals surface area contributed by atoms with Crippen molar-refractivity contribution < 1.29 is 18.1 Å². The lowest BCUT2D eigenvalue weighted by atomic mass is 10.1. The van der Waals surface area contributed by atoms with Crippen LogP contribution in [0, 0.1) is 30.9 Å². The first-order valence-corrected chi connectivity index (χ1v) is 8.70. The zero-order chi connectivity index (χ0) is 18.9. The van der Waals surface area contributed by atoms with E-state index in [0.29, 0.717) is 5.56 Å². The molecule has 0 N–H and O–H groups in total. The fourth-order valence-electron chi connectivity index (χ4n) is 2.56. The maximum absolute atomic E-state index is 13.0. The smallest absolute Gasteiger partial charge is 0.267 e. The molecule has 25 heavy (non-hydrogen) atoms. The van der Waals surface area contributed by atoms with Gasteiger partial charge in [0.15, 0.2) is 0 Å². The van der Waals surface area contributed by atoms with Crippen LogP contribution in [-0.4, -0.2) is 26.0 Å². The molecular formula is C17H16N2O5S. The standard InChI is InChI=1S/C17H16N2O5S/c1-10-5-6-15(12(3)7-10)25(23,24)16-8-11(2)13(17(20)18-4)9-14(16)19(21)22/h5-9H,4H2,1-3H3. The molecule has 0 aliphatic rings. The van der Waals surface area contributed by atoms with E-state index in [1.54, 1.807) is 19.1 Å². The third kappa shape index (κ3) is 3.34. The lowest BCUT2D eigenvalue weighted by Gasteiger charge is -2.11. The van der Waals surface area contributed by atoms with Gasteiger partial charge < -0.3 is 0 Å². The van der Waals surface area contributed by atoms with Gasteiger partial charge in [-0.1, -0.05) is 17.7 Å². The number of carbonyl (C=O) groups excluding carboxylic acids is 1. The second-order valence-electron chi connectivity index (χ2n) is 5.63. The molecule has 0 unspecified atom stereocenters. The average Bonchev–Trinajstić information content (AvgIpc) is 2.53. The maximum Gasteiger partial charge on any atom is 0.289 e. The van der Waals surface area contributed by atoms with Crippen LogP contribution in [0.3, 0.4) is 0 Å². The molecule has 7 nitrogen and oxygen atoms in total. The number of nitro benzene ring substituents is 1. The molecule has 0 fully saturated rings. The third-order valence-corrected chi connectivity index (χ3v) is 5.73. The van der Waals surface area contributed by atoms with Gasteiger partial charge in [0.1, 0.15) is 4.90 Å². The van der Waals surface area contributed by atoms with Gasteiger partial charge in [-0.15, -0.1) is 0 Å². The number of hydrogen-bond acceptors (Lipinski definition) is 5. The Bertz CT molecular complexity index is 1010. The summed E-state index contributed by atoms with van der Waals surface area (Å²) in [7, 11) is -4.13. The molecule has 0 aliphatic heterocycles. The van der Waals surface area contributed by atoms with Crippen molar-refractivity contribution in [3.05, 3.63) is 62.7 Å². The van der Waals surface area contributed by atoms with Crippen LogP contribution >= 0.6 is 0 Å². The van der Waals surface area contributed by atoms with Gasteiger partial charge in [-0.2, -0.15) is 0 Å². The molecule has 0 heterocycles. The summed E-state index contributed by atoms with van der Waals surface area (Å²) in [5, 5.41) is 11.4. The number of hydrogen-bond donors (Lipinski definition) is 0. The van der Waals surface area contributed by atoms with E-state index in [-0.39, 0.29) is 16.0 Å². The number of sulfone groups is 1. The molecular weight excluding hydrogens is 344 g/mol. The van der Waals surface area contributed by atoms with E-state index in [9.17, 15) is 23.3 Å². The second kappa shape index (κ2) is 6.56. The van der Waals surface area contributed by atoms with Crippen molar-refractivity contribution in [2.24, 2.45) is 4.99 Å². The Morgan fingerprint density at radius 2 is 1.72 bits per heavy atom. The van der Waals surface area contributed by atoms with Gasteiger partial charge in [0.05, 0.1) is 15.4 Å². The van der Waals surface area contributed by atoms with E-state index in [0.717, 1.165) is 17.7 Å². The molecule has 2 aromatic carbocycles. The van der Waals surface area contributed by atoms with Gasteiger partial charge in [-0.05, 0) is 50.7 Å². The van der Waals surface area contributed by atoms with Crippen LogP contribution in [0.25, 0.3) is 0 Å². The molecule has 1 amide bonds. The van der Waals surface area contributed by atoms with Crippen LogP contribution in [-0.2, 0) is 9.84 Å². The Morgan fingerprint density at radius 1 is 1.08 bits per heavy atom. The van der Waals surface area contributed by atoms with Crippen molar-refractivity contribution in [3.8, 4) is 0 Å². The Labute approximate surface area is 145 Å². The monoisotopic (exact) mass is 360 g/mol. The fourth-order valence-corrected chi connectivity index (χ4v) is 4.27. The first-order chi connectivity index (χ1) is 11.6. The minimum atomic E-state index is -4.13. The molecule has 2 rings (SSSR count). The van der Waals surface area contributed by atoms with Crippen LogP contribution in [0.15, 0.2) is 45.1 Å². The minimum absolute atomic E-state index is 0.0125. The summed E-state index contributed by atoms with van der Waals surface area (Å²) in [6.45, 7) is 8.03. The van der Waals surface area contributed by atoms with Gasteiger partial charge in [0, 0.05) is 6.07 Å². The number of rotatable bonds is 4. The van der Waals surface area contributed by atoms with Crippen LogP contribution in [0.5, 0.6) is 0 Å². The van der Waals surface area contributed by atoms with E-state index in [1.807, 2.05) is 6.92 Å². The molecule has 0 spiro atoms. The molecule has 0 atom stereocenters. The number of benzene rings is 2. The van der Waals surface area contributed by atoms with E-state index in [2.05, 4.69) is 11.7 Å². The summed E-state index contributed by atoms with van der Waals surface area (Å²) in [6.07, 6.45) is 0. The summed E-state index contributed by atoms with van der Waals surface area (Å²) in [5.74, 6) is -0.754. The number of nitrogens with zero attached hydrogens (tertiary/aromatic N) is 2. The second-order valence-corrected chi connectivity index (χ2v) is 7.51. The van der Waals surface area contributed by atoms with Crippen LogP contribution in [0.1, 0.15) is 27.0 Å². The first kappa shape index (κ1) is 18.5. The van der Waals surface area contributed by atoms with E-state index < -0.39 is 31.3 Å². The molecule has 0 radical (unpaired) electrons. The van der Waals surface area contributed by atoms with Crippen molar-refractivity contribution in [3.63, 3.8) is 0 Å². The van der Waals surface area contributed by atoms with Crippen molar-refractivity contribution in [2.45, 2.75) is 30.6 Å². The van der Waals surface area contributed by atoms with Crippen molar-refractivity contribution in [1.82, 2.24) is 0 Å². The summed E-state index contributed by atoms with van der Waals surface area (Å²) < 4.78 is 25.9. The highest BCUT2D eigenvalue weighted by molar-refractivity contribution is 7.91. The molecule has 2 aromatic rings. The number of aryl methyl sites for hydroxylation is 3. The Kier molecular flexibility index (Phi) is 4.85. The van der Waals surface area contributed by atoms with Gasteiger partial charge in [-0.3, -0.25) is 14.9 Å². The molecule has 0 bridgehead atoms. The highest BCUT2D eigenvalue weighted by Gasteiger charge is 2.31. The molecule has 0 saturated heterocycles. The van der Waals surface area contributed by atoms with E-state index in [4.69, 9.17) is 0 Å². The van der Waals surface area contributed by atoms with Gasteiger partial charge in [0.25, 0.3) is 11.6 Å². The van der Waals surface area contributed by atoms with Crippen molar-refractivity contribution in [2.75, 3.05) is 0 Å². The zero-order valence-electron chi connectivity index (χ0n) is 13.9. The summed E-state index contributed by atoms with van der Waals surface area (Å²) in [5.41, 5.74) is 0.908. The molecule has 0 saturated carbocycles. The van der Waals surface area contributed by atoms with E-state index in [1.165, 1.54) is 13.0 Å².